The summed E-state index contributed by atoms with van der Waals surface area (Å²) in [6.45, 7) is 0. The molecule has 4 nitrogen and oxygen atoms in total. The topological polar surface area (TPSA) is 54.5 Å². The first-order valence-electron chi connectivity index (χ1n) is 16.9. The number of allylic oxidation sites excluding steroid dienone is 2. The smallest absolute Gasteiger partial charge is 0.239 e. The summed E-state index contributed by atoms with van der Waals surface area (Å²) in [6.07, 6.45) is 0. The van der Waals surface area contributed by atoms with Crippen molar-refractivity contribution in [3.63, 3.8) is 0 Å². The molecule has 0 radical (unpaired) electrons. The summed E-state index contributed by atoms with van der Waals surface area (Å²) in [5.41, 5.74) is 3.31. The SMILES string of the molecule is O=C1[C@@H]2[C@H](C(=O)N1c1ccccc1-c1ccccc1)[C@@]1(c3ccc(Cl)cc3)C(=O)[C@@]2(c2ccc(Cl)cc2)C(c2ccccc2)=C1c1ccccc1. The molecule has 1 heterocycles. The van der Waals surface area contributed by atoms with E-state index in [4.69, 9.17) is 23.2 Å². The molecule has 4 atom stereocenters. The van der Waals surface area contributed by atoms with Crippen LogP contribution in [0.5, 0.6) is 0 Å². The lowest BCUT2D eigenvalue weighted by atomic mass is 9.59. The molecule has 2 amide bonds. The van der Waals surface area contributed by atoms with E-state index >= 15 is 14.4 Å². The number of carbonyl (C=O) groups excluding carboxylic acids is 3. The normalized spacial score (nSPS) is 23.6. The summed E-state index contributed by atoms with van der Waals surface area (Å²) in [5.74, 6) is -3.13. The Bertz CT molecular complexity index is 2270. The Balaban J connectivity index is 1.42. The quantitative estimate of drug-likeness (QED) is 0.163. The zero-order valence-electron chi connectivity index (χ0n) is 27.2. The Morgan fingerprint density at radius 2 is 0.804 bits per heavy atom. The van der Waals surface area contributed by atoms with Crippen LogP contribution in [0.2, 0.25) is 10.0 Å². The van der Waals surface area contributed by atoms with Gasteiger partial charge in [-0.05, 0) is 69.3 Å². The number of imide groups is 1. The van der Waals surface area contributed by atoms with Gasteiger partial charge in [-0.2, -0.15) is 0 Å². The molecule has 2 aliphatic carbocycles. The molecule has 0 N–H and O–H groups in total. The van der Waals surface area contributed by atoms with Crippen molar-refractivity contribution in [2.75, 3.05) is 4.90 Å². The van der Waals surface area contributed by atoms with E-state index in [1.165, 1.54) is 4.90 Å². The second-order valence-corrected chi connectivity index (χ2v) is 14.2. The number of hydrogen-bond donors (Lipinski definition) is 0. The predicted molar refractivity (Wildman–Crippen MR) is 202 cm³/mol. The molecular formula is C45H29Cl2NO3. The van der Waals surface area contributed by atoms with E-state index in [0.29, 0.717) is 26.9 Å². The first-order valence-corrected chi connectivity index (χ1v) is 17.6. The minimum Gasteiger partial charge on any atom is -0.297 e. The molecule has 1 aliphatic heterocycles. The number of para-hydroxylation sites is 1. The Morgan fingerprint density at radius 3 is 1.24 bits per heavy atom. The molecule has 0 unspecified atom stereocenters. The molecule has 1 saturated carbocycles. The molecule has 6 aromatic carbocycles. The number of anilines is 1. The van der Waals surface area contributed by atoms with Gasteiger partial charge in [0.25, 0.3) is 0 Å². The van der Waals surface area contributed by atoms with Gasteiger partial charge in [-0.25, -0.2) is 4.90 Å². The summed E-state index contributed by atoms with van der Waals surface area (Å²) >= 11 is 12.9. The maximum atomic E-state index is 16.2. The third-order valence-corrected chi connectivity index (χ3v) is 11.5. The number of hydrogen-bond acceptors (Lipinski definition) is 3. The van der Waals surface area contributed by atoms with Gasteiger partial charge in [0.1, 0.15) is 0 Å². The molecule has 246 valence electrons. The molecule has 9 rings (SSSR count). The number of ketones is 1. The van der Waals surface area contributed by atoms with Crippen LogP contribution in [0, 0.1) is 11.8 Å². The van der Waals surface area contributed by atoms with Gasteiger partial charge in [0.2, 0.25) is 11.8 Å². The average Bonchev–Trinajstić information content (AvgIpc) is 3.68. The molecule has 0 spiro atoms. The fraction of sp³-hybridized carbons (Fsp3) is 0.0889. The second kappa shape index (κ2) is 11.8. The van der Waals surface area contributed by atoms with Crippen LogP contribution in [0.25, 0.3) is 22.3 Å². The van der Waals surface area contributed by atoms with Crippen LogP contribution in [-0.2, 0) is 25.2 Å². The first kappa shape index (κ1) is 31.4. The van der Waals surface area contributed by atoms with Gasteiger partial charge >= 0.3 is 0 Å². The Hall–Kier alpha value is -5.55. The lowest BCUT2D eigenvalue weighted by Crippen LogP contribution is -2.45. The standard InChI is InChI=1S/C45H29Cl2NO3/c46-33-24-20-31(21-25-33)44-37(29-14-6-2-7-15-29)38(30-16-8-3-9-17-30)45(43(44)51,32-22-26-34(47)27-23-32)40-39(44)41(49)48(42(40)50)36-19-11-10-18-35(36)28-12-4-1-5-13-28/h1-27,39-40H/t39-,40+,44-,45-/m0/s1. The number of carbonyl (C=O) groups is 3. The molecule has 3 aliphatic rings. The Morgan fingerprint density at radius 1 is 0.431 bits per heavy atom. The largest absolute Gasteiger partial charge is 0.297 e. The maximum Gasteiger partial charge on any atom is 0.239 e. The van der Waals surface area contributed by atoms with Crippen molar-refractivity contribution in [1.29, 1.82) is 0 Å². The summed E-state index contributed by atoms with van der Waals surface area (Å²) in [7, 11) is 0. The van der Waals surface area contributed by atoms with Gasteiger partial charge in [0, 0.05) is 15.6 Å². The average molecular weight is 703 g/mol. The van der Waals surface area contributed by atoms with Crippen LogP contribution >= 0.6 is 23.2 Å². The minimum absolute atomic E-state index is 0.204. The van der Waals surface area contributed by atoms with Crippen molar-refractivity contribution in [2.45, 2.75) is 10.8 Å². The van der Waals surface area contributed by atoms with Crippen LogP contribution < -0.4 is 4.90 Å². The highest BCUT2D eigenvalue weighted by Crippen LogP contribution is 2.74. The minimum atomic E-state index is -1.54. The van der Waals surface area contributed by atoms with Gasteiger partial charge in [-0.3, -0.25) is 14.4 Å². The zero-order valence-corrected chi connectivity index (χ0v) is 28.7. The fourth-order valence-corrected chi connectivity index (χ4v) is 9.38. The van der Waals surface area contributed by atoms with Crippen molar-refractivity contribution < 1.29 is 14.4 Å². The van der Waals surface area contributed by atoms with Crippen molar-refractivity contribution in [1.82, 2.24) is 0 Å². The maximum absolute atomic E-state index is 16.2. The molecule has 2 fully saturated rings. The monoisotopic (exact) mass is 701 g/mol. The molecule has 51 heavy (non-hydrogen) atoms. The van der Waals surface area contributed by atoms with Crippen molar-refractivity contribution in [2.24, 2.45) is 11.8 Å². The van der Waals surface area contributed by atoms with Crippen LogP contribution in [0.1, 0.15) is 22.3 Å². The highest BCUT2D eigenvalue weighted by Gasteiger charge is 2.82. The summed E-state index contributed by atoms with van der Waals surface area (Å²) in [4.78, 5) is 48.5. The number of Topliss-reactive ketones (excluding diaryl/α,β-unsaturated/α-hetero) is 1. The molecule has 0 aromatic heterocycles. The van der Waals surface area contributed by atoms with Gasteiger partial charge in [-0.1, -0.05) is 157 Å². The second-order valence-electron chi connectivity index (χ2n) is 13.3. The van der Waals surface area contributed by atoms with Gasteiger partial charge in [0.05, 0.1) is 28.4 Å². The molecular weight excluding hydrogens is 673 g/mol. The number of amides is 2. The van der Waals surface area contributed by atoms with Gasteiger partial charge in [0.15, 0.2) is 5.78 Å². The van der Waals surface area contributed by atoms with Crippen LogP contribution in [0.15, 0.2) is 164 Å². The summed E-state index contributed by atoms with van der Waals surface area (Å²) in [6, 6.07) is 51.1. The Labute approximate surface area is 305 Å². The van der Waals surface area contributed by atoms with Gasteiger partial charge < -0.3 is 0 Å². The highest BCUT2D eigenvalue weighted by atomic mass is 35.5. The van der Waals surface area contributed by atoms with Gasteiger partial charge in [-0.15, -0.1) is 0 Å². The zero-order chi connectivity index (χ0) is 34.9. The first-order chi connectivity index (χ1) is 24.9. The van der Waals surface area contributed by atoms with Crippen molar-refractivity contribution in [3.8, 4) is 11.1 Å². The molecule has 2 bridgehead atoms. The lowest BCUT2D eigenvalue weighted by molar-refractivity contribution is -0.130. The van der Waals surface area contributed by atoms with E-state index in [2.05, 4.69) is 0 Å². The summed E-state index contributed by atoms with van der Waals surface area (Å²) < 4.78 is 0. The van der Waals surface area contributed by atoms with Crippen LogP contribution in [-0.4, -0.2) is 17.6 Å². The van der Waals surface area contributed by atoms with E-state index in [1.807, 2.05) is 140 Å². The lowest BCUT2D eigenvalue weighted by Gasteiger charge is -2.39. The number of halogens is 2. The summed E-state index contributed by atoms with van der Waals surface area (Å²) in [5, 5.41) is 1.000. The van der Waals surface area contributed by atoms with E-state index in [-0.39, 0.29) is 5.78 Å². The highest BCUT2D eigenvalue weighted by molar-refractivity contribution is 6.39. The molecule has 1 saturated heterocycles. The molecule has 6 aromatic rings. The predicted octanol–water partition coefficient (Wildman–Crippen LogP) is 9.85. The number of rotatable bonds is 6. The van der Waals surface area contributed by atoms with Crippen molar-refractivity contribution in [3.05, 3.63) is 196 Å². The third-order valence-electron chi connectivity index (χ3n) is 10.9. The van der Waals surface area contributed by atoms with Crippen LogP contribution in [0.3, 0.4) is 0 Å². The fourth-order valence-electron chi connectivity index (χ4n) is 9.13. The number of nitrogens with zero attached hydrogens (tertiary/aromatic N) is 1. The van der Waals surface area contributed by atoms with E-state index in [9.17, 15) is 0 Å². The third kappa shape index (κ3) is 4.24. The Kier molecular flexibility index (Phi) is 7.25. The number of benzene rings is 6. The number of fused-ring (bicyclic) bond motifs is 5. The molecule has 6 heteroatoms. The van der Waals surface area contributed by atoms with E-state index < -0.39 is 34.5 Å². The van der Waals surface area contributed by atoms with E-state index in [1.54, 1.807) is 24.3 Å². The van der Waals surface area contributed by atoms with Crippen LogP contribution in [0.4, 0.5) is 5.69 Å². The van der Waals surface area contributed by atoms with Crippen molar-refractivity contribution >= 4 is 57.6 Å². The van der Waals surface area contributed by atoms with E-state index in [0.717, 1.165) is 33.4 Å².